The predicted octanol–water partition coefficient (Wildman–Crippen LogP) is 1.55. The number of fused-ring (bicyclic) bond motifs is 1. The van der Waals surface area contributed by atoms with E-state index in [9.17, 15) is 20.4 Å². The number of hydrogen-bond donors (Lipinski definition) is 4. The molecule has 4 bridgehead atoms. The van der Waals surface area contributed by atoms with Crippen molar-refractivity contribution in [3.63, 3.8) is 0 Å². The van der Waals surface area contributed by atoms with E-state index in [-0.39, 0.29) is 30.0 Å². The van der Waals surface area contributed by atoms with Crippen LogP contribution in [0.5, 0.6) is 0 Å². The van der Waals surface area contributed by atoms with E-state index in [1.54, 1.807) is 0 Å². The molecule has 0 aromatic rings. The van der Waals surface area contributed by atoms with E-state index in [0.717, 1.165) is 18.3 Å². The smallest absolute Gasteiger partial charge is 0.0586 e. The molecular formula is C20H32O4. The van der Waals surface area contributed by atoms with Crippen LogP contribution in [0.1, 0.15) is 52.4 Å². The Morgan fingerprint density at radius 2 is 1.58 bits per heavy atom. The second kappa shape index (κ2) is 4.39. The third-order valence-electron chi connectivity index (χ3n) is 9.77. The van der Waals surface area contributed by atoms with Crippen LogP contribution in [0, 0.1) is 45.3 Å². The summed E-state index contributed by atoms with van der Waals surface area (Å²) in [6, 6.07) is 0. The Morgan fingerprint density at radius 1 is 0.875 bits per heavy atom. The Hall–Kier alpha value is -0.160. The second-order valence-electron chi connectivity index (χ2n) is 10.7. The van der Waals surface area contributed by atoms with Gasteiger partial charge in [-0.25, -0.2) is 0 Å². The molecule has 0 saturated heterocycles. The first kappa shape index (κ1) is 16.0. The molecule has 6 aliphatic rings. The number of aliphatic hydroxyl groups excluding tert-OH is 4. The van der Waals surface area contributed by atoms with E-state index >= 15 is 0 Å². The summed E-state index contributed by atoms with van der Waals surface area (Å²) in [4.78, 5) is 0. The maximum absolute atomic E-state index is 11.2. The van der Waals surface area contributed by atoms with Crippen LogP contribution in [-0.4, -0.2) is 45.8 Å². The van der Waals surface area contributed by atoms with Gasteiger partial charge in [0.15, 0.2) is 0 Å². The minimum Gasteiger partial charge on any atom is -0.396 e. The fourth-order valence-electron chi connectivity index (χ4n) is 9.26. The van der Waals surface area contributed by atoms with E-state index < -0.39 is 17.6 Å². The van der Waals surface area contributed by atoms with Crippen molar-refractivity contribution in [2.45, 2.75) is 64.6 Å². The molecule has 3 unspecified atom stereocenters. The first-order valence-corrected chi connectivity index (χ1v) is 9.83. The molecule has 1 spiro atoms. The van der Waals surface area contributed by atoms with Crippen LogP contribution in [0.2, 0.25) is 0 Å². The van der Waals surface area contributed by atoms with Gasteiger partial charge in [-0.15, -0.1) is 0 Å². The van der Waals surface area contributed by atoms with Crippen molar-refractivity contribution in [1.82, 2.24) is 0 Å². The van der Waals surface area contributed by atoms with E-state index in [2.05, 4.69) is 13.8 Å². The zero-order valence-corrected chi connectivity index (χ0v) is 14.9. The number of aliphatic hydroxyl groups is 4. The predicted molar refractivity (Wildman–Crippen MR) is 88.9 cm³/mol. The van der Waals surface area contributed by atoms with Crippen molar-refractivity contribution in [2.75, 3.05) is 13.2 Å². The Bertz CT molecular complexity index is 574. The lowest BCUT2D eigenvalue weighted by molar-refractivity contribution is -0.246. The molecule has 6 rings (SSSR count). The standard InChI is InChI=1S/C20H32O4/c1-17-4-11(23)5-20(9-21,10-22)16(17)14(24)7-19-6-13-12(3-15(17)19)18(13,2)8-19/h11-16,21-24H,3-10H2,1-2H3/t11-,12+,13?,14+,15?,16?,17+,18+,19+/m0/s1. The van der Waals surface area contributed by atoms with Gasteiger partial charge in [0.2, 0.25) is 0 Å². The van der Waals surface area contributed by atoms with E-state index in [4.69, 9.17) is 0 Å². The number of rotatable bonds is 2. The Morgan fingerprint density at radius 3 is 2.17 bits per heavy atom. The summed E-state index contributed by atoms with van der Waals surface area (Å²) in [7, 11) is 0. The lowest BCUT2D eigenvalue weighted by atomic mass is 9.38. The lowest BCUT2D eigenvalue weighted by Crippen LogP contribution is -2.66. The minimum absolute atomic E-state index is 0.110. The molecule has 4 heteroatoms. The van der Waals surface area contributed by atoms with Crippen molar-refractivity contribution in [3.05, 3.63) is 0 Å². The molecule has 0 radical (unpaired) electrons. The van der Waals surface area contributed by atoms with Crippen LogP contribution >= 0.6 is 0 Å². The van der Waals surface area contributed by atoms with Gasteiger partial charge in [0.25, 0.3) is 0 Å². The maximum Gasteiger partial charge on any atom is 0.0586 e. The third kappa shape index (κ3) is 1.57. The molecule has 4 nitrogen and oxygen atoms in total. The van der Waals surface area contributed by atoms with Crippen LogP contribution in [-0.2, 0) is 0 Å². The third-order valence-corrected chi connectivity index (χ3v) is 9.77. The van der Waals surface area contributed by atoms with Crippen molar-refractivity contribution < 1.29 is 20.4 Å². The van der Waals surface area contributed by atoms with Crippen LogP contribution in [0.3, 0.4) is 0 Å². The molecular weight excluding hydrogens is 304 g/mol. The van der Waals surface area contributed by atoms with Gasteiger partial charge < -0.3 is 20.4 Å². The van der Waals surface area contributed by atoms with Gasteiger partial charge in [-0.2, -0.15) is 0 Å². The van der Waals surface area contributed by atoms with Gasteiger partial charge in [0.1, 0.15) is 0 Å². The highest BCUT2D eigenvalue weighted by Crippen LogP contribution is 2.85. The van der Waals surface area contributed by atoms with E-state index in [1.807, 2.05) is 0 Å². The second-order valence-corrected chi connectivity index (χ2v) is 10.7. The highest BCUT2D eigenvalue weighted by Gasteiger charge is 2.79. The average molecular weight is 336 g/mol. The van der Waals surface area contributed by atoms with Gasteiger partial charge in [-0.3, -0.25) is 0 Å². The maximum atomic E-state index is 11.2. The van der Waals surface area contributed by atoms with Crippen LogP contribution in [0.4, 0.5) is 0 Å². The molecule has 0 aliphatic heterocycles. The molecule has 0 heterocycles. The van der Waals surface area contributed by atoms with Crippen molar-refractivity contribution in [2.24, 2.45) is 45.3 Å². The Labute approximate surface area is 144 Å². The quantitative estimate of drug-likeness (QED) is 0.617. The first-order chi connectivity index (χ1) is 11.2. The van der Waals surface area contributed by atoms with Crippen molar-refractivity contribution in [1.29, 1.82) is 0 Å². The SMILES string of the molecule is C[C@]12C[C@H](O)CC(CO)(CO)C1[C@H](O)C[C@@]13CC4[C@@H](CC12)[C@@]4(C)C3. The summed E-state index contributed by atoms with van der Waals surface area (Å²) in [5.41, 5.74) is -0.194. The molecule has 4 N–H and O–H groups in total. The lowest BCUT2D eigenvalue weighted by Gasteiger charge is -2.67. The van der Waals surface area contributed by atoms with E-state index in [1.165, 1.54) is 19.3 Å². The van der Waals surface area contributed by atoms with Gasteiger partial charge in [0, 0.05) is 11.3 Å². The molecule has 24 heavy (non-hydrogen) atoms. The summed E-state index contributed by atoms with van der Waals surface area (Å²) in [6.07, 6.45) is 4.68. The minimum atomic E-state index is -0.749. The highest BCUT2D eigenvalue weighted by atomic mass is 16.3. The molecule has 9 atom stereocenters. The summed E-state index contributed by atoms with van der Waals surface area (Å²) < 4.78 is 0. The molecule has 136 valence electrons. The van der Waals surface area contributed by atoms with Crippen LogP contribution < -0.4 is 0 Å². The summed E-state index contributed by atoms with van der Waals surface area (Å²) in [6.45, 7) is 4.38. The molecule has 6 fully saturated rings. The zero-order chi connectivity index (χ0) is 17.1. The Balaban J connectivity index is 1.60. The van der Waals surface area contributed by atoms with Crippen molar-refractivity contribution in [3.8, 4) is 0 Å². The average Bonchev–Trinajstić information content (AvgIpc) is 2.96. The highest BCUT2D eigenvalue weighted by molar-refractivity contribution is 5.28. The molecule has 0 aromatic carbocycles. The Kier molecular flexibility index (Phi) is 2.93. The zero-order valence-electron chi connectivity index (χ0n) is 14.9. The normalized spacial score (nSPS) is 62.8. The fraction of sp³-hybridized carbons (Fsp3) is 1.00. The molecule has 0 amide bonds. The summed E-state index contributed by atoms with van der Waals surface area (Å²) >= 11 is 0. The van der Waals surface area contributed by atoms with Gasteiger partial charge in [-0.1, -0.05) is 13.8 Å². The topological polar surface area (TPSA) is 80.9 Å². The largest absolute Gasteiger partial charge is 0.396 e. The summed E-state index contributed by atoms with van der Waals surface area (Å²) in [5, 5.41) is 42.0. The fourth-order valence-corrected chi connectivity index (χ4v) is 9.26. The van der Waals surface area contributed by atoms with Crippen LogP contribution in [0.25, 0.3) is 0 Å². The van der Waals surface area contributed by atoms with Gasteiger partial charge >= 0.3 is 0 Å². The monoisotopic (exact) mass is 336 g/mol. The number of hydrogen-bond acceptors (Lipinski definition) is 4. The van der Waals surface area contributed by atoms with E-state index in [0.29, 0.717) is 24.2 Å². The molecule has 0 aromatic heterocycles. The first-order valence-electron chi connectivity index (χ1n) is 9.83. The van der Waals surface area contributed by atoms with Gasteiger partial charge in [0.05, 0.1) is 25.4 Å². The van der Waals surface area contributed by atoms with Gasteiger partial charge in [-0.05, 0) is 72.5 Å². The molecule has 6 saturated carbocycles. The van der Waals surface area contributed by atoms with Crippen molar-refractivity contribution >= 4 is 0 Å². The summed E-state index contributed by atoms with van der Waals surface area (Å²) in [5.74, 6) is 2.09. The molecule has 6 aliphatic carbocycles. The van der Waals surface area contributed by atoms with Crippen LogP contribution in [0.15, 0.2) is 0 Å².